The number of hydrogen-bond donors (Lipinski definition) is 0. The third-order valence-electron chi connectivity index (χ3n) is 0.498. The van der Waals surface area contributed by atoms with E-state index in [-0.39, 0.29) is 0 Å². The molecule has 0 bridgehead atoms. The molecule has 2 radical (unpaired) electrons. The molecule has 0 unspecified atom stereocenters. The smallest absolute Gasteiger partial charge is 0.140 e. The zero-order chi connectivity index (χ0) is 6.41. The summed E-state index contributed by atoms with van der Waals surface area (Å²) in [5, 5.41) is 0. The Morgan fingerprint density at radius 2 is 2.62 bits per heavy atom. The zero-order valence-electron chi connectivity index (χ0n) is 4.92. The molecular formula is C5H8BNO. The van der Waals surface area contributed by atoms with Gasteiger partial charge in [0.15, 0.2) is 0 Å². The molecule has 42 valence electrons. The number of hydrogen-bond acceptors (Lipinski definition) is 2. The minimum atomic E-state index is 0.307. The van der Waals surface area contributed by atoms with Gasteiger partial charge in [0.1, 0.15) is 7.85 Å². The summed E-state index contributed by atoms with van der Waals surface area (Å²) in [5.41, 5.74) is 0.307. The Labute approximate surface area is 50.7 Å². The third-order valence-corrected chi connectivity index (χ3v) is 0.498. The van der Waals surface area contributed by atoms with Gasteiger partial charge in [-0.15, -0.1) is 0 Å². The molecular weight excluding hydrogens is 101 g/mol. The molecule has 0 atom stereocenters. The topological polar surface area (TPSA) is 21.6 Å². The number of methoxy groups -OCH3 is 1. The highest BCUT2D eigenvalue weighted by Crippen LogP contribution is 1.78. The summed E-state index contributed by atoms with van der Waals surface area (Å²) in [5.74, 6) is 0. The minimum Gasteiger partial charge on any atom is -0.379 e. The summed E-state index contributed by atoms with van der Waals surface area (Å²) < 4.78 is 4.65. The number of rotatable bonds is 3. The molecule has 0 saturated heterocycles. The van der Waals surface area contributed by atoms with Crippen LogP contribution in [0.1, 0.15) is 0 Å². The summed E-state index contributed by atoms with van der Waals surface area (Å²) in [7, 11) is 6.67. The highest BCUT2D eigenvalue weighted by molar-refractivity contribution is 6.21. The second kappa shape index (κ2) is 4.59. The average molecular weight is 109 g/mol. The van der Waals surface area contributed by atoms with Crippen LogP contribution in [0.2, 0.25) is 0 Å². The normalized spacial score (nSPS) is 10.1. The van der Waals surface area contributed by atoms with Crippen LogP contribution in [0.5, 0.6) is 0 Å². The Kier molecular flexibility index (Phi) is 4.27. The Bertz CT molecular complexity index is 101. The van der Waals surface area contributed by atoms with Crippen molar-refractivity contribution in [3.63, 3.8) is 0 Å². The molecule has 0 aromatic rings. The van der Waals surface area contributed by atoms with Gasteiger partial charge in [-0.25, -0.2) is 0 Å². The van der Waals surface area contributed by atoms with Crippen LogP contribution >= 0.6 is 0 Å². The van der Waals surface area contributed by atoms with E-state index in [0.29, 0.717) is 12.2 Å². The highest BCUT2D eigenvalue weighted by atomic mass is 16.5. The molecule has 0 spiro atoms. The average Bonchev–Trinajstić information content (AvgIpc) is 1.66. The lowest BCUT2D eigenvalue weighted by Crippen LogP contribution is -1.88. The van der Waals surface area contributed by atoms with E-state index in [1.807, 2.05) is 0 Å². The van der Waals surface area contributed by atoms with E-state index < -0.39 is 0 Å². The quantitative estimate of drug-likeness (QED) is 0.378. The van der Waals surface area contributed by atoms with Crippen LogP contribution in [0.3, 0.4) is 0 Å². The van der Waals surface area contributed by atoms with Crippen LogP contribution in [-0.2, 0) is 4.74 Å². The largest absolute Gasteiger partial charge is 0.379 e. The van der Waals surface area contributed by atoms with Crippen molar-refractivity contribution in [3.8, 4) is 0 Å². The van der Waals surface area contributed by atoms with Crippen LogP contribution < -0.4 is 0 Å². The molecule has 0 rings (SSSR count). The fourth-order valence-corrected chi connectivity index (χ4v) is 0.229. The molecule has 0 N–H and O–H groups in total. The lowest BCUT2D eigenvalue weighted by Gasteiger charge is -1.86. The summed E-state index contributed by atoms with van der Waals surface area (Å²) in [6.07, 6.45) is 1.56. The number of nitrogens with zero attached hydrogens (tertiary/aromatic N) is 1. The van der Waals surface area contributed by atoms with E-state index in [1.165, 1.54) is 0 Å². The highest BCUT2D eigenvalue weighted by Gasteiger charge is 1.72. The molecule has 0 heterocycles. The first-order valence-electron chi connectivity index (χ1n) is 2.23. The molecule has 0 aliphatic rings. The van der Waals surface area contributed by atoms with E-state index in [1.54, 1.807) is 13.3 Å². The predicted octanol–water partition coefficient (Wildman–Crippen LogP) is 0.343. The van der Waals surface area contributed by atoms with Gasteiger partial charge >= 0.3 is 0 Å². The maximum atomic E-state index is 5.09. The van der Waals surface area contributed by atoms with Crippen molar-refractivity contribution in [2.24, 2.45) is 4.99 Å². The first-order chi connectivity index (χ1) is 3.77. The van der Waals surface area contributed by atoms with E-state index >= 15 is 0 Å². The minimum absolute atomic E-state index is 0.307. The first-order valence-corrected chi connectivity index (χ1v) is 2.23. The molecule has 0 fully saturated rings. The maximum absolute atomic E-state index is 5.09. The SMILES string of the molecule is [B]C(=C)N=CCOC. The number of ether oxygens (including phenoxy) is 1. The molecule has 0 amide bonds. The van der Waals surface area contributed by atoms with E-state index in [4.69, 9.17) is 7.85 Å². The summed E-state index contributed by atoms with van der Waals surface area (Å²) in [6.45, 7) is 3.83. The molecule has 3 heteroatoms. The van der Waals surface area contributed by atoms with Crippen LogP contribution in [0.15, 0.2) is 17.2 Å². The van der Waals surface area contributed by atoms with Crippen LogP contribution in [0.4, 0.5) is 0 Å². The van der Waals surface area contributed by atoms with Crippen LogP contribution in [-0.4, -0.2) is 27.8 Å². The van der Waals surface area contributed by atoms with Gasteiger partial charge < -0.3 is 4.74 Å². The molecule has 0 aliphatic carbocycles. The second-order valence-electron chi connectivity index (χ2n) is 1.26. The third kappa shape index (κ3) is 5.43. The Morgan fingerprint density at radius 1 is 2.00 bits per heavy atom. The summed E-state index contributed by atoms with van der Waals surface area (Å²) in [4.78, 5) is 3.65. The number of aliphatic imine (C=N–C) groups is 1. The van der Waals surface area contributed by atoms with Gasteiger partial charge in [0.2, 0.25) is 0 Å². The van der Waals surface area contributed by atoms with Crippen molar-refractivity contribution in [1.29, 1.82) is 0 Å². The van der Waals surface area contributed by atoms with E-state index in [0.717, 1.165) is 0 Å². The van der Waals surface area contributed by atoms with Gasteiger partial charge in [0, 0.05) is 13.3 Å². The molecule has 0 saturated carbocycles. The van der Waals surface area contributed by atoms with Crippen LogP contribution in [0.25, 0.3) is 0 Å². The fourth-order valence-electron chi connectivity index (χ4n) is 0.229. The van der Waals surface area contributed by atoms with Crippen molar-refractivity contribution in [1.82, 2.24) is 0 Å². The van der Waals surface area contributed by atoms with Crippen LogP contribution in [0, 0.1) is 0 Å². The van der Waals surface area contributed by atoms with Crippen molar-refractivity contribution >= 4 is 14.1 Å². The summed E-state index contributed by atoms with van der Waals surface area (Å²) >= 11 is 0. The van der Waals surface area contributed by atoms with Crippen molar-refractivity contribution in [3.05, 3.63) is 12.2 Å². The van der Waals surface area contributed by atoms with E-state index in [2.05, 4.69) is 16.3 Å². The lowest BCUT2D eigenvalue weighted by molar-refractivity contribution is 0.248. The summed E-state index contributed by atoms with van der Waals surface area (Å²) in [6, 6.07) is 0. The van der Waals surface area contributed by atoms with Gasteiger partial charge in [-0.1, -0.05) is 6.58 Å². The van der Waals surface area contributed by atoms with Crippen molar-refractivity contribution in [2.75, 3.05) is 13.7 Å². The predicted molar refractivity (Wildman–Crippen MR) is 35.3 cm³/mol. The molecule has 2 nitrogen and oxygen atoms in total. The van der Waals surface area contributed by atoms with Gasteiger partial charge in [-0.05, 0) is 5.60 Å². The molecule has 8 heavy (non-hydrogen) atoms. The van der Waals surface area contributed by atoms with Crippen molar-refractivity contribution in [2.45, 2.75) is 0 Å². The monoisotopic (exact) mass is 109 g/mol. The van der Waals surface area contributed by atoms with Gasteiger partial charge in [0.05, 0.1) is 6.61 Å². The Morgan fingerprint density at radius 3 is 3.00 bits per heavy atom. The first kappa shape index (κ1) is 7.43. The second-order valence-corrected chi connectivity index (χ2v) is 1.26. The molecule has 0 aromatic carbocycles. The lowest BCUT2D eigenvalue weighted by atomic mass is 10.1. The molecule has 0 aliphatic heterocycles. The molecule has 0 aromatic heterocycles. The zero-order valence-corrected chi connectivity index (χ0v) is 4.92. The Balaban J connectivity index is 3.20. The van der Waals surface area contributed by atoms with E-state index in [9.17, 15) is 0 Å². The van der Waals surface area contributed by atoms with Crippen molar-refractivity contribution < 1.29 is 4.74 Å². The van der Waals surface area contributed by atoms with Gasteiger partial charge in [-0.2, -0.15) is 0 Å². The maximum Gasteiger partial charge on any atom is 0.140 e. The van der Waals surface area contributed by atoms with Gasteiger partial charge in [0.25, 0.3) is 0 Å². The standard InChI is InChI=1S/C5H8BNO/c1-5(6)7-3-4-8-2/h3H,1,4H2,2H3. The van der Waals surface area contributed by atoms with Gasteiger partial charge in [-0.3, -0.25) is 4.99 Å². The fraction of sp³-hybridized carbons (Fsp3) is 0.400. The Hall–Kier alpha value is -0.565.